The molecule has 0 aromatic carbocycles. The number of rotatable bonds is 2. The van der Waals surface area contributed by atoms with Crippen LogP contribution < -0.4 is 0 Å². The molecule has 0 aromatic heterocycles. The third-order valence-corrected chi connectivity index (χ3v) is 2.38. The van der Waals surface area contributed by atoms with Gasteiger partial charge in [-0.3, -0.25) is 0 Å². The van der Waals surface area contributed by atoms with E-state index in [0.29, 0.717) is 0 Å². The minimum absolute atomic E-state index is 0.230. The third kappa shape index (κ3) is 2.00. The average molecular weight is 192 g/mol. The van der Waals surface area contributed by atoms with E-state index in [0.717, 1.165) is 0 Å². The largest absolute Gasteiger partial charge is 0.394 e. The highest BCUT2D eigenvalue weighted by Crippen LogP contribution is 2.22. The van der Waals surface area contributed by atoms with Crippen LogP contribution in [0.25, 0.3) is 0 Å². The summed E-state index contributed by atoms with van der Waals surface area (Å²) in [4.78, 5) is 0. The lowest BCUT2D eigenvalue weighted by Gasteiger charge is -2.40. The van der Waals surface area contributed by atoms with Crippen molar-refractivity contribution in [1.29, 1.82) is 0 Å². The third-order valence-electron chi connectivity index (χ3n) is 2.38. The van der Waals surface area contributed by atoms with Gasteiger partial charge in [0.15, 0.2) is 0 Å². The molecule has 78 valence electrons. The molecule has 3 N–H and O–H groups in total. The van der Waals surface area contributed by atoms with Crippen molar-refractivity contribution in [2.75, 3.05) is 13.7 Å². The second kappa shape index (κ2) is 4.34. The number of aliphatic hydroxyl groups excluding tert-OH is 3. The zero-order valence-electron chi connectivity index (χ0n) is 7.75. The molecular weight excluding hydrogens is 176 g/mol. The molecular formula is C8H16O5. The van der Waals surface area contributed by atoms with E-state index in [2.05, 4.69) is 0 Å². The Morgan fingerprint density at radius 1 is 1.31 bits per heavy atom. The Hall–Kier alpha value is -0.200. The number of hydrogen-bond acceptors (Lipinski definition) is 5. The van der Waals surface area contributed by atoms with E-state index in [9.17, 15) is 10.2 Å². The normalized spacial score (nSPS) is 46.4. The molecule has 1 saturated heterocycles. The van der Waals surface area contributed by atoms with Crippen molar-refractivity contribution in [2.24, 2.45) is 0 Å². The number of ether oxygens (including phenoxy) is 2. The number of aliphatic hydroxyl groups is 3. The molecule has 0 radical (unpaired) electrons. The standard InChI is InChI=1S/C8H16O5/c1-4-6(10)7(11)8(12-2)5(3-9)13-4/h4-11H,3H2,1-2H3/t4-,5?,6?,7?,8+/m0/s1. The summed E-state index contributed by atoms with van der Waals surface area (Å²) in [7, 11) is 1.41. The molecule has 5 heteroatoms. The second-order valence-electron chi connectivity index (χ2n) is 3.24. The van der Waals surface area contributed by atoms with E-state index in [-0.39, 0.29) is 6.61 Å². The van der Waals surface area contributed by atoms with Crippen LogP contribution in [-0.4, -0.2) is 59.6 Å². The van der Waals surface area contributed by atoms with E-state index in [1.807, 2.05) is 0 Å². The Labute approximate surface area is 76.9 Å². The van der Waals surface area contributed by atoms with Crippen LogP contribution in [0.1, 0.15) is 6.92 Å². The second-order valence-corrected chi connectivity index (χ2v) is 3.24. The van der Waals surface area contributed by atoms with Crippen molar-refractivity contribution < 1.29 is 24.8 Å². The fraction of sp³-hybridized carbons (Fsp3) is 1.00. The van der Waals surface area contributed by atoms with E-state index in [4.69, 9.17) is 14.6 Å². The molecule has 1 aliphatic heterocycles. The first-order chi connectivity index (χ1) is 6.11. The molecule has 1 rings (SSSR count). The Bertz CT molecular complexity index is 161. The fourth-order valence-electron chi connectivity index (χ4n) is 1.56. The Balaban J connectivity index is 2.69. The first-order valence-electron chi connectivity index (χ1n) is 4.27. The molecule has 0 aliphatic carbocycles. The van der Waals surface area contributed by atoms with Crippen LogP contribution in [0.3, 0.4) is 0 Å². The Morgan fingerprint density at radius 2 is 1.92 bits per heavy atom. The first-order valence-corrected chi connectivity index (χ1v) is 4.27. The van der Waals surface area contributed by atoms with Crippen LogP contribution in [0.4, 0.5) is 0 Å². The number of methoxy groups -OCH3 is 1. The van der Waals surface area contributed by atoms with Crippen molar-refractivity contribution in [1.82, 2.24) is 0 Å². The molecule has 5 atom stereocenters. The monoisotopic (exact) mass is 192 g/mol. The summed E-state index contributed by atoms with van der Waals surface area (Å²) in [6.45, 7) is 1.41. The molecule has 0 aromatic rings. The Kier molecular flexibility index (Phi) is 3.63. The van der Waals surface area contributed by atoms with Gasteiger partial charge in [-0.2, -0.15) is 0 Å². The van der Waals surface area contributed by atoms with Gasteiger partial charge in [0.05, 0.1) is 12.7 Å². The lowest BCUT2D eigenvalue weighted by molar-refractivity contribution is -0.231. The summed E-state index contributed by atoms with van der Waals surface area (Å²) in [5, 5.41) is 27.9. The lowest BCUT2D eigenvalue weighted by Crippen LogP contribution is -2.58. The highest BCUT2D eigenvalue weighted by Gasteiger charge is 2.42. The van der Waals surface area contributed by atoms with Gasteiger partial charge >= 0.3 is 0 Å². The molecule has 1 aliphatic rings. The van der Waals surface area contributed by atoms with Gasteiger partial charge in [0.1, 0.15) is 24.4 Å². The average Bonchev–Trinajstić information content (AvgIpc) is 2.13. The van der Waals surface area contributed by atoms with Gasteiger partial charge in [0.2, 0.25) is 0 Å². The summed E-state index contributed by atoms with van der Waals surface area (Å²) in [6.07, 6.45) is -3.70. The molecule has 3 unspecified atom stereocenters. The minimum Gasteiger partial charge on any atom is -0.394 e. The quantitative estimate of drug-likeness (QED) is 0.496. The van der Waals surface area contributed by atoms with Crippen molar-refractivity contribution in [3.63, 3.8) is 0 Å². The SMILES string of the molecule is CO[C@@H]1C(CO)O[C@@H](C)C(O)C1O. The summed E-state index contributed by atoms with van der Waals surface area (Å²) in [5.74, 6) is 0. The molecule has 0 spiro atoms. The van der Waals surface area contributed by atoms with Crippen LogP contribution in [0.2, 0.25) is 0 Å². The minimum atomic E-state index is -1.01. The van der Waals surface area contributed by atoms with Gasteiger partial charge in [-0.15, -0.1) is 0 Å². The predicted molar refractivity (Wildman–Crippen MR) is 44.2 cm³/mol. The highest BCUT2D eigenvalue weighted by molar-refractivity contribution is 4.91. The highest BCUT2D eigenvalue weighted by atomic mass is 16.6. The summed E-state index contributed by atoms with van der Waals surface area (Å²) < 4.78 is 10.2. The van der Waals surface area contributed by atoms with E-state index in [1.54, 1.807) is 6.92 Å². The van der Waals surface area contributed by atoms with Gasteiger partial charge < -0.3 is 24.8 Å². The lowest BCUT2D eigenvalue weighted by atomic mass is 9.96. The Morgan fingerprint density at radius 3 is 2.38 bits per heavy atom. The van der Waals surface area contributed by atoms with Crippen LogP contribution in [0.15, 0.2) is 0 Å². The number of hydrogen-bond donors (Lipinski definition) is 3. The van der Waals surface area contributed by atoms with Crippen molar-refractivity contribution >= 4 is 0 Å². The van der Waals surface area contributed by atoms with Crippen molar-refractivity contribution in [2.45, 2.75) is 37.4 Å². The van der Waals surface area contributed by atoms with E-state index < -0.39 is 30.5 Å². The maximum atomic E-state index is 9.54. The molecule has 0 amide bonds. The van der Waals surface area contributed by atoms with Crippen molar-refractivity contribution in [3.8, 4) is 0 Å². The van der Waals surface area contributed by atoms with Crippen LogP contribution in [0, 0.1) is 0 Å². The maximum Gasteiger partial charge on any atom is 0.114 e. The van der Waals surface area contributed by atoms with Gasteiger partial charge in [0.25, 0.3) is 0 Å². The smallest absolute Gasteiger partial charge is 0.114 e. The van der Waals surface area contributed by atoms with E-state index >= 15 is 0 Å². The van der Waals surface area contributed by atoms with E-state index in [1.165, 1.54) is 7.11 Å². The van der Waals surface area contributed by atoms with Crippen LogP contribution in [-0.2, 0) is 9.47 Å². The summed E-state index contributed by atoms with van der Waals surface area (Å²) in [6, 6.07) is 0. The molecule has 0 bridgehead atoms. The van der Waals surface area contributed by atoms with Gasteiger partial charge in [0, 0.05) is 7.11 Å². The molecule has 1 fully saturated rings. The van der Waals surface area contributed by atoms with Crippen LogP contribution >= 0.6 is 0 Å². The molecule has 0 saturated carbocycles. The van der Waals surface area contributed by atoms with Crippen molar-refractivity contribution in [3.05, 3.63) is 0 Å². The van der Waals surface area contributed by atoms with Gasteiger partial charge in [-0.25, -0.2) is 0 Å². The maximum absolute atomic E-state index is 9.54. The summed E-state index contributed by atoms with van der Waals surface area (Å²) >= 11 is 0. The zero-order valence-corrected chi connectivity index (χ0v) is 7.75. The van der Waals surface area contributed by atoms with Gasteiger partial charge in [-0.1, -0.05) is 0 Å². The van der Waals surface area contributed by atoms with Crippen LogP contribution in [0.5, 0.6) is 0 Å². The predicted octanol–water partition coefficient (Wildman–Crippen LogP) is -1.50. The molecule has 5 nitrogen and oxygen atoms in total. The molecule has 1 heterocycles. The zero-order chi connectivity index (χ0) is 10.0. The first kappa shape index (κ1) is 10.9. The topological polar surface area (TPSA) is 79.2 Å². The van der Waals surface area contributed by atoms with Gasteiger partial charge in [-0.05, 0) is 6.92 Å². The summed E-state index contributed by atoms with van der Waals surface area (Å²) in [5.41, 5.74) is 0. The molecule has 13 heavy (non-hydrogen) atoms. The fourth-order valence-corrected chi connectivity index (χ4v) is 1.56.